The molecular weight excluding hydrogens is 202 g/mol. The number of carbonyl (C=O) groups is 1. The molecule has 0 saturated carbocycles. The first-order valence-corrected chi connectivity index (χ1v) is 6.35. The zero-order valence-corrected chi connectivity index (χ0v) is 10.3. The highest BCUT2D eigenvalue weighted by Gasteiger charge is 2.52. The molecule has 1 amide bonds. The predicted octanol–water partition coefficient (Wildman–Crippen LogP) is 0.324. The summed E-state index contributed by atoms with van der Waals surface area (Å²) in [5.74, 6) is 0.384. The third kappa shape index (κ3) is 1.84. The van der Waals surface area contributed by atoms with Crippen LogP contribution < -0.4 is 11.1 Å². The number of primary amides is 1. The van der Waals surface area contributed by atoms with Gasteiger partial charge in [0.25, 0.3) is 0 Å². The topological polar surface area (TPSA) is 58.4 Å². The summed E-state index contributed by atoms with van der Waals surface area (Å²) in [6.45, 7) is 7.32. The molecule has 0 bridgehead atoms. The van der Waals surface area contributed by atoms with Gasteiger partial charge >= 0.3 is 0 Å². The van der Waals surface area contributed by atoms with Gasteiger partial charge in [0.05, 0.1) is 0 Å². The monoisotopic (exact) mass is 225 g/mol. The summed E-state index contributed by atoms with van der Waals surface area (Å²) in [6, 6.07) is 0.337. The Hall–Kier alpha value is -0.610. The fourth-order valence-corrected chi connectivity index (χ4v) is 3.11. The number of carbonyl (C=O) groups excluding carboxylic acids is 1. The lowest BCUT2D eigenvalue weighted by Crippen LogP contribution is -2.62. The van der Waals surface area contributed by atoms with Crippen molar-refractivity contribution in [2.75, 3.05) is 19.6 Å². The lowest BCUT2D eigenvalue weighted by Gasteiger charge is -2.34. The number of amides is 1. The van der Waals surface area contributed by atoms with Crippen LogP contribution in [0.5, 0.6) is 0 Å². The van der Waals surface area contributed by atoms with Crippen molar-refractivity contribution in [2.45, 2.75) is 44.7 Å². The molecule has 4 nitrogen and oxygen atoms in total. The molecule has 4 heteroatoms. The largest absolute Gasteiger partial charge is 0.368 e. The molecule has 2 heterocycles. The fourth-order valence-electron chi connectivity index (χ4n) is 3.11. The van der Waals surface area contributed by atoms with Crippen molar-refractivity contribution >= 4 is 5.91 Å². The van der Waals surface area contributed by atoms with E-state index < -0.39 is 5.54 Å². The van der Waals surface area contributed by atoms with E-state index >= 15 is 0 Å². The van der Waals surface area contributed by atoms with Gasteiger partial charge in [-0.25, -0.2) is 0 Å². The first-order valence-electron chi connectivity index (χ1n) is 6.35. The molecule has 2 aliphatic rings. The molecule has 0 spiro atoms. The molecule has 0 radical (unpaired) electrons. The molecular formula is C12H23N3O. The van der Waals surface area contributed by atoms with E-state index in [2.05, 4.69) is 24.1 Å². The van der Waals surface area contributed by atoms with Crippen LogP contribution in [-0.2, 0) is 4.79 Å². The van der Waals surface area contributed by atoms with Crippen molar-refractivity contribution in [3.05, 3.63) is 0 Å². The maximum atomic E-state index is 11.8. The third-order valence-corrected chi connectivity index (χ3v) is 3.99. The summed E-state index contributed by atoms with van der Waals surface area (Å²) in [6.07, 6.45) is 3.18. The summed E-state index contributed by atoms with van der Waals surface area (Å²) in [4.78, 5) is 14.2. The van der Waals surface area contributed by atoms with E-state index in [0.717, 1.165) is 32.5 Å². The van der Waals surface area contributed by atoms with Gasteiger partial charge in [-0.15, -0.1) is 0 Å². The van der Waals surface area contributed by atoms with Crippen LogP contribution in [0.4, 0.5) is 0 Å². The number of fused-ring (bicyclic) bond motifs is 1. The van der Waals surface area contributed by atoms with Crippen LogP contribution >= 0.6 is 0 Å². The second kappa shape index (κ2) is 4.34. The van der Waals surface area contributed by atoms with E-state index in [9.17, 15) is 4.79 Å². The standard InChI is InChI=1S/C12H23N3O/c1-9(2)8-14-12(11(13)16)5-7-15-6-3-4-10(12)15/h9-10,14H,3-8H2,1-2H3,(H2,13,16). The summed E-state index contributed by atoms with van der Waals surface area (Å²) in [7, 11) is 0. The van der Waals surface area contributed by atoms with Crippen LogP contribution in [0.15, 0.2) is 0 Å². The molecule has 0 aromatic rings. The molecule has 0 aromatic heterocycles. The highest BCUT2D eigenvalue weighted by atomic mass is 16.1. The van der Waals surface area contributed by atoms with Crippen molar-refractivity contribution in [2.24, 2.45) is 11.7 Å². The minimum Gasteiger partial charge on any atom is -0.368 e. The first-order chi connectivity index (χ1) is 7.56. The van der Waals surface area contributed by atoms with Gasteiger partial charge in [-0.05, 0) is 38.3 Å². The molecule has 92 valence electrons. The van der Waals surface area contributed by atoms with Gasteiger partial charge in [0.15, 0.2) is 0 Å². The van der Waals surface area contributed by atoms with Gasteiger partial charge < -0.3 is 11.1 Å². The van der Waals surface area contributed by atoms with Gasteiger partial charge in [-0.1, -0.05) is 13.8 Å². The Balaban J connectivity index is 2.12. The lowest BCUT2D eigenvalue weighted by atomic mass is 9.87. The van der Waals surface area contributed by atoms with E-state index in [-0.39, 0.29) is 5.91 Å². The molecule has 16 heavy (non-hydrogen) atoms. The summed E-state index contributed by atoms with van der Waals surface area (Å²) in [5, 5.41) is 3.45. The van der Waals surface area contributed by atoms with Gasteiger partial charge in [-0.2, -0.15) is 0 Å². The van der Waals surface area contributed by atoms with Crippen LogP contribution in [0.1, 0.15) is 33.1 Å². The van der Waals surface area contributed by atoms with Crippen LogP contribution in [0.2, 0.25) is 0 Å². The Morgan fingerprint density at radius 2 is 2.31 bits per heavy atom. The minimum atomic E-state index is -0.458. The second-order valence-electron chi connectivity index (χ2n) is 5.55. The van der Waals surface area contributed by atoms with E-state index in [4.69, 9.17) is 5.73 Å². The molecule has 2 unspecified atom stereocenters. The summed E-state index contributed by atoms with van der Waals surface area (Å²) < 4.78 is 0. The van der Waals surface area contributed by atoms with E-state index in [1.54, 1.807) is 0 Å². The van der Waals surface area contributed by atoms with E-state index in [0.29, 0.717) is 12.0 Å². The highest BCUT2D eigenvalue weighted by Crippen LogP contribution is 2.36. The van der Waals surface area contributed by atoms with E-state index in [1.165, 1.54) is 6.42 Å². The lowest BCUT2D eigenvalue weighted by molar-refractivity contribution is -0.125. The molecule has 2 saturated heterocycles. The zero-order chi connectivity index (χ0) is 11.8. The Kier molecular flexibility index (Phi) is 3.22. The molecule has 0 aliphatic carbocycles. The highest BCUT2D eigenvalue weighted by molar-refractivity contribution is 5.86. The van der Waals surface area contributed by atoms with Gasteiger partial charge in [0, 0.05) is 12.6 Å². The summed E-state index contributed by atoms with van der Waals surface area (Å²) >= 11 is 0. The maximum absolute atomic E-state index is 11.8. The first kappa shape index (κ1) is 11.9. The summed E-state index contributed by atoms with van der Waals surface area (Å²) in [5.41, 5.74) is 5.19. The van der Waals surface area contributed by atoms with Crippen LogP contribution in [0, 0.1) is 5.92 Å². The van der Waals surface area contributed by atoms with E-state index in [1.807, 2.05) is 0 Å². The van der Waals surface area contributed by atoms with Crippen molar-refractivity contribution in [1.82, 2.24) is 10.2 Å². The Morgan fingerprint density at radius 1 is 1.56 bits per heavy atom. The van der Waals surface area contributed by atoms with Crippen molar-refractivity contribution in [1.29, 1.82) is 0 Å². The number of rotatable bonds is 4. The maximum Gasteiger partial charge on any atom is 0.239 e. The SMILES string of the molecule is CC(C)CNC1(C(N)=O)CCN2CCCC21. The smallest absolute Gasteiger partial charge is 0.239 e. The number of nitrogens with zero attached hydrogens (tertiary/aromatic N) is 1. The average molecular weight is 225 g/mol. The number of hydrogen-bond donors (Lipinski definition) is 2. The van der Waals surface area contributed by atoms with Crippen LogP contribution in [-0.4, -0.2) is 42.0 Å². The minimum absolute atomic E-state index is 0.164. The second-order valence-corrected chi connectivity index (χ2v) is 5.55. The number of hydrogen-bond acceptors (Lipinski definition) is 3. The Morgan fingerprint density at radius 3 is 2.94 bits per heavy atom. The molecule has 2 aliphatic heterocycles. The average Bonchev–Trinajstić information content (AvgIpc) is 2.75. The quantitative estimate of drug-likeness (QED) is 0.724. The van der Waals surface area contributed by atoms with Crippen LogP contribution in [0.3, 0.4) is 0 Å². The molecule has 0 aromatic carbocycles. The van der Waals surface area contributed by atoms with Gasteiger partial charge in [0.2, 0.25) is 5.91 Å². The Labute approximate surface area is 97.6 Å². The van der Waals surface area contributed by atoms with Crippen molar-refractivity contribution in [3.8, 4) is 0 Å². The molecule has 2 atom stereocenters. The normalized spacial score (nSPS) is 34.6. The molecule has 2 fully saturated rings. The zero-order valence-electron chi connectivity index (χ0n) is 10.3. The predicted molar refractivity (Wildman–Crippen MR) is 64.0 cm³/mol. The fraction of sp³-hybridized carbons (Fsp3) is 0.917. The van der Waals surface area contributed by atoms with Crippen molar-refractivity contribution < 1.29 is 4.79 Å². The van der Waals surface area contributed by atoms with Gasteiger partial charge in [0.1, 0.15) is 5.54 Å². The van der Waals surface area contributed by atoms with Crippen molar-refractivity contribution in [3.63, 3.8) is 0 Å². The third-order valence-electron chi connectivity index (χ3n) is 3.99. The molecule has 2 rings (SSSR count). The number of nitrogens with one attached hydrogen (secondary N) is 1. The van der Waals surface area contributed by atoms with Crippen LogP contribution in [0.25, 0.3) is 0 Å². The Bertz CT molecular complexity index is 279. The number of nitrogens with two attached hydrogens (primary N) is 1. The van der Waals surface area contributed by atoms with Gasteiger partial charge in [-0.3, -0.25) is 9.69 Å². The molecule has 3 N–H and O–H groups in total.